The average Bonchev–Trinajstić information content (AvgIpc) is 2.80. The number of hydrogen-bond acceptors (Lipinski definition) is 5. The molecule has 1 heterocycles. The van der Waals surface area contributed by atoms with Crippen LogP contribution in [0, 0.1) is 0 Å². The summed E-state index contributed by atoms with van der Waals surface area (Å²) in [6.45, 7) is 0. The molecule has 154 valence electrons. The van der Waals surface area contributed by atoms with Gasteiger partial charge in [-0.3, -0.25) is 9.78 Å². The van der Waals surface area contributed by atoms with Crippen LogP contribution in [0.15, 0.2) is 67.1 Å². The van der Waals surface area contributed by atoms with Crippen LogP contribution < -0.4 is 14.8 Å². The molecule has 30 heavy (non-hydrogen) atoms. The number of carbonyl (C=O) groups excluding carboxylic acids is 1. The van der Waals surface area contributed by atoms with Gasteiger partial charge in [-0.05, 0) is 42.7 Å². The largest absolute Gasteiger partial charge is 0.497 e. The van der Waals surface area contributed by atoms with Crippen molar-refractivity contribution in [3.05, 3.63) is 72.7 Å². The molecule has 4 rings (SSSR count). The van der Waals surface area contributed by atoms with E-state index in [0.717, 1.165) is 43.4 Å². The number of carbonyl (C=O) groups is 1. The van der Waals surface area contributed by atoms with Crippen LogP contribution in [0.2, 0.25) is 0 Å². The highest BCUT2D eigenvalue weighted by Gasteiger charge is 2.41. The van der Waals surface area contributed by atoms with E-state index in [1.165, 1.54) is 0 Å². The van der Waals surface area contributed by atoms with Crippen molar-refractivity contribution in [2.24, 2.45) is 0 Å². The van der Waals surface area contributed by atoms with Crippen LogP contribution in [0.3, 0.4) is 0 Å². The van der Waals surface area contributed by atoms with Crippen LogP contribution in [-0.4, -0.2) is 23.0 Å². The maximum absolute atomic E-state index is 13.5. The first-order valence-electron chi connectivity index (χ1n) is 10.2. The smallest absolute Gasteiger partial charge is 0.237 e. The Bertz CT molecular complexity index is 984. The van der Waals surface area contributed by atoms with E-state index in [1.807, 2.05) is 42.5 Å². The molecular weight excluding hydrogens is 378 g/mol. The quantitative estimate of drug-likeness (QED) is 0.618. The van der Waals surface area contributed by atoms with E-state index >= 15 is 0 Å². The number of ether oxygens (including phenoxy) is 2. The fourth-order valence-corrected chi connectivity index (χ4v) is 4.06. The van der Waals surface area contributed by atoms with Gasteiger partial charge in [0.2, 0.25) is 11.8 Å². The molecule has 1 N–H and O–H groups in total. The number of nitrogens with one attached hydrogen (secondary N) is 1. The van der Waals surface area contributed by atoms with Gasteiger partial charge < -0.3 is 14.8 Å². The second-order valence-electron chi connectivity index (χ2n) is 7.50. The lowest BCUT2D eigenvalue weighted by Gasteiger charge is -2.36. The summed E-state index contributed by atoms with van der Waals surface area (Å²) in [6, 6.07) is 15.2. The van der Waals surface area contributed by atoms with E-state index in [-0.39, 0.29) is 5.91 Å². The van der Waals surface area contributed by atoms with Crippen molar-refractivity contribution in [3.63, 3.8) is 0 Å². The highest BCUT2D eigenvalue weighted by Crippen LogP contribution is 2.41. The lowest BCUT2D eigenvalue weighted by atomic mass is 9.68. The maximum atomic E-state index is 13.5. The summed E-state index contributed by atoms with van der Waals surface area (Å²) in [5.41, 5.74) is 1.19. The zero-order valence-electron chi connectivity index (χ0n) is 17.0. The van der Waals surface area contributed by atoms with Gasteiger partial charge >= 0.3 is 0 Å². The second-order valence-corrected chi connectivity index (χ2v) is 7.50. The van der Waals surface area contributed by atoms with Crippen molar-refractivity contribution >= 4 is 11.6 Å². The monoisotopic (exact) mass is 403 g/mol. The minimum atomic E-state index is -0.535. The molecular formula is C24H25N3O3. The molecule has 6 nitrogen and oxygen atoms in total. The molecule has 0 atom stereocenters. The van der Waals surface area contributed by atoms with Crippen molar-refractivity contribution in [2.45, 2.75) is 37.5 Å². The molecule has 1 aliphatic rings. The van der Waals surface area contributed by atoms with Crippen LogP contribution in [0.5, 0.6) is 17.4 Å². The lowest BCUT2D eigenvalue weighted by Crippen LogP contribution is -2.42. The lowest BCUT2D eigenvalue weighted by molar-refractivity contribution is -0.122. The summed E-state index contributed by atoms with van der Waals surface area (Å²) >= 11 is 0. The van der Waals surface area contributed by atoms with Crippen LogP contribution in [0.1, 0.15) is 37.7 Å². The van der Waals surface area contributed by atoms with E-state index in [2.05, 4.69) is 15.3 Å². The van der Waals surface area contributed by atoms with Crippen molar-refractivity contribution in [3.8, 4) is 17.4 Å². The van der Waals surface area contributed by atoms with E-state index < -0.39 is 5.41 Å². The van der Waals surface area contributed by atoms with E-state index in [9.17, 15) is 4.79 Å². The summed E-state index contributed by atoms with van der Waals surface area (Å²) < 4.78 is 11.0. The first-order chi connectivity index (χ1) is 14.7. The van der Waals surface area contributed by atoms with Crippen molar-refractivity contribution < 1.29 is 14.3 Å². The fraction of sp³-hybridized carbons (Fsp3) is 0.292. The average molecular weight is 403 g/mol. The third kappa shape index (κ3) is 4.27. The Kier molecular flexibility index (Phi) is 5.93. The number of nitrogens with zero attached hydrogens (tertiary/aromatic N) is 2. The second kappa shape index (κ2) is 8.95. The number of benzene rings is 2. The van der Waals surface area contributed by atoms with Gasteiger partial charge in [-0.1, -0.05) is 37.5 Å². The van der Waals surface area contributed by atoms with Crippen LogP contribution in [-0.2, 0) is 10.2 Å². The molecule has 0 radical (unpaired) electrons. The molecule has 1 fully saturated rings. The Morgan fingerprint density at radius 3 is 2.50 bits per heavy atom. The van der Waals surface area contributed by atoms with Gasteiger partial charge in [0, 0.05) is 24.1 Å². The molecule has 0 spiro atoms. The number of aromatic nitrogens is 2. The Morgan fingerprint density at radius 1 is 1.00 bits per heavy atom. The predicted molar refractivity (Wildman–Crippen MR) is 115 cm³/mol. The summed E-state index contributed by atoms with van der Waals surface area (Å²) in [4.78, 5) is 21.6. The predicted octanol–water partition coefficient (Wildman–Crippen LogP) is 5.12. The molecule has 2 aromatic carbocycles. The molecule has 0 aliphatic heterocycles. The number of anilines is 1. The number of amides is 1. The number of rotatable bonds is 6. The minimum Gasteiger partial charge on any atom is -0.497 e. The SMILES string of the molecule is COc1ccc(C2(C(=O)Nc3cccc(Oc4cnccn4)c3)CCCCC2)cc1. The summed E-state index contributed by atoms with van der Waals surface area (Å²) in [5, 5.41) is 3.12. The van der Waals surface area contributed by atoms with Crippen molar-refractivity contribution in [2.75, 3.05) is 12.4 Å². The standard InChI is InChI=1S/C24H25N3O3/c1-29-20-10-8-18(9-11-20)24(12-3-2-4-13-24)23(28)27-19-6-5-7-21(16-19)30-22-17-25-14-15-26-22/h5-11,14-17H,2-4,12-13H2,1H3,(H,27,28). The molecule has 6 heteroatoms. The third-order valence-corrected chi connectivity index (χ3v) is 5.64. The van der Waals surface area contributed by atoms with Gasteiger partial charge in [0.15, 0.2) is 0 Å². The van der Waals surface area contributed by atoms with E-state index in [0.29, 0.717) is 17.3 Å². The van der Waals surface area contributed by atoms with Crippen molar-refractivity contribution in [1.82, 2.24) is 9.97 Å². The third-order valence-electron chi connectivity index (χ3n) is 5.64. The van der Waals surface area contributed by atoms with Crippen LogP contribution >= 0.6 is 0 Å². The van der Waals surface area contributed by atoms with Gasteiger partial charge in [0.05, 0.1) is 18.7 Å². The minimum absolute atomic E-state index is 0.0176. The molecule has 1 aromatic heterocycles. The summed E-state index contributed by atoms with van der Waals surface area (Å²) in [5.74, 6) is 1.81. The molecule has 0 saturated heterocycles. The first-order valence-corrected chi connectivity index (χ1v) is 10.2. The molecule has 1 saturated carbocycles. The number of methoxy groups -OCH3 is 1. The van der Waals surface area contributed by atoms with E-state index in [4.69, 9.17) is 9.47 Å². The topological polar surface area (TPSA) is 73.3 Å². The van der Waals surface area contributed by atoms with Gasteiger partial charge in [0.25, 0.3) is 0 Å². The molecule has 1 aliphatic carbocycles. The molecule has 1 amide bonds. The number of hydrogen-bond donors (Lipinski definition) is 1. The summed E-state index contributed by atoms with van der Waals surface area (Å²) in [6.07, 6.45) is 9.61. The van der Waals surface area contributed by atoms with E-state index in [1.54, 1.807) is 31.8 Å². The Labute approximate surface area is 176 Å². The zero-order valence-corrected chi connectivity index (χ0v) is 17.0. The zero-order chi connectivity index (χ0) is 20.8. The summed E-state index contributed by atoms with van der Waals surface area (Å²) in [7, 11) is 1.65. The fourth-order valence-electron chi connectivity index (χ4n) is 4.06. The van der Waals surface area contributed by atoms with Crippen LogP contribution in [0.25, 0.3) is 0 Å². The maximum Gasteiger partial charge on any atom is 0.237 e. The van der Waals surface area contributed by atoms with Gasteiger partial charge in [-0.2, -0.15) is 0 Å². The normalized spacial score (nSPS) is 15.2. The first kappa shape index (κ1) is 19.9. The van der Waals surface area contributed by atoms with Crippen LogP contribution in [0.4, 0.5) is 5.69 Å². The van der Waals surface area contributed by atoms with Gasteiger partial charge in [0.1, 0.15) is 11.5 Å². The van der Waals surface area contributed by atoms with Crippen molar-refractivity contribution in [1.29, 1.82) is 0 Å². The van der Waals surface area contributed by atoms with Gasteiger partial charge in [-0.25, -0.2) is 4.98 Å². The highest BCUT2D eigenvalue weighted by molar-refractivity contribution is 5.99. The van der Waals surface area contributed by atoms with Gasteiger partial charge in [-0.15, -0.1) is 0 Å². The Morgan fingerprint density at radius 2 is 1.80 bits per heavy atom. The highest BCUT2D eigenvalue weighted by atomic mass is 16.5. The Balaban J connectivity index is 1.56. The molecule has 0 bridgehead atoms. The molecule has 3 aromatic rings. The molecule has 0 unspecified atom stereocenters. The Hall–Kier alpha value is -3.41.